The van der Waals surface area contributed by atoms with Gasteiger partial charge in [0.15, 0.2) is 0 Å². The summed E-state index contributed by atoms with van der Waals surface area (Å²) in [7, 11) is 0. The number of carbonyl (C=O) groups is 2. The third-order valence-corrected chi connectivity index (χ3v) is 2.55. The average molecular weight is 261 g/mol. The van der Waals surface area contributed by atoms with Gasteiger partial charge in [-0.2, -0.15) is 0 Å². The highest BCUT2D eigenvalue weighted by atomic mass is 19.1. The quantitative estimate of drug-likeness (QED) is 0.884. The fraction of sp³-hybridized carbons (Fsp3) is 0. The number of carboxylic acid groups (broad SMARTS) is 2. The Hall–Kier alpha value is -2.76. The van der Waals surface area contributed by atoms with Gasteiger partial charge in [-0.25, -0.2) is 14.0 Å². The molecule has 19 heavy (non-hydrogen) atoms. The summed E-state index contributed by atoms with van der Waals surface area (Å²) in [6.07, 6.45) is 2.46. The van der Waals surface area contributed by atoms with Crippen molar-refractivity contribution in [3.8, 4) is 11.1 Å². The summed E-state index contributed by atoms with van der Waals surface area (Å²) in [5.74, 6) is -3.17. The molecule has 0 bridgehead atoms. The Bertz CT molecular complexity index is 669. The number of nitrogens with zero attached hydrogens (tertiary/aromatic N) is 1. The standard InChI is InChI=1S/C13H8FNO4/c14-11-2-1-7(12(16)17)5-9(11)10-6-15-4-3-8(10)13(18)19/h1-6H,(H,16,17)(H,18,19). The molecule has 0 saturated carbocycles. The van der Waals surface area contributed by atoms with E-state index < -0.39 is 17.8 Å². The summed E-state index contributed by atoms with van der Waals surface area (Å²) >= 11 is 0. The molecule has 6 heteroatoms. The Balaban J connectivity index is 2.68. The molecule has 0 aliphatic heterocycles. The van der Waals surface area contributed by atoms with E-state index in [0.717, 1.165) is 18.2 Å². The van der Waals surface area contributed by atoms with Crippen LogP contribution in [0.4, 0.5) is 4.39 Å². The van der Waals surface area contributed by atoms with Crippen molar-refractivity contribution in [1.29, 1.82) is 0 Å². The van der Waals surface area contributed by atoms with E-state index in [1.165, 1.54) is 18.5 Å². The van der Waals surface area contributed by atoms with E-state index in [0.29, 0.717) is 0 Å². The molecule has 0 unspecified atom stereocenters. The zero-order chi connectivity index (χ0) is 14.0. The Morgan fingerprint density at radius 3 is 2.42 bits per heavy atom. The van der Waals surface area contributed by atoms with Crippen molar-refractivity contribution in [1.82, 2.24) is 4.98 Å². The SMILES string of the molecule is O=C(O)c1ccc(F)c(-c2cnccc2C(=O)O)c1. The number of aromatic carboxylic acids is 2. The van der Waals surface area contributed by atoms with E-state index in [4.69, 9.17) is 10.2 Å². The minimum atomic E-state index is -1.24. The fourth-order valence-electron chi connectivity index (χ4n) is 1.66. The van der Waals surface area contributed by atoms with Gasteiger partial charge in [-0.05, 0) is 24.3 Å². The van der Waals surface area contributed by atoms with E-state index in [1.807, 2.05) is 0 Å². The molecule has 96 valence electrons. The first-order chi connectivity index (χ1) is 9.00. The summed E-state index contributed by atoms with van der Waals surface area (Å²) in [5.41, 5.74) is -0.339. The second-order valence-electron chi connectivity index (χ2n) is 3.73. The Kier molecular flexibility index (Phi) is 3.24. The number of hydrogen-bond donors (Lipinski definition) is 2. The third-order valence-electron chi connectivity index (χ3n) is 2.55. The maximum atomic E-state index is 13.7. The molecule has 0 saturated heterocycles. The van der Waals surface area contributed by atoms with Crippen molar-refractivity contribution in [2.75, 3.05) is 0 Å². The van der Waals surface area contributed by atoms with Crippen LogP contribution in [0, 0.1) is 5.82 Å². The lowest BCUT2D eigenvalue weighted by Gasteiger charge is -2.07. The van der Waals surface area contributed by atoms with Crippen LogP contribution in [0.5, 0.6) is 0 Å². The molecule has 5 nitrogen and oxygen atoms in total. The maximum absolute atomic E-state index is 13.7. The molecule has 2 rings (SSSR count). The predicted octanol–water partition coefficient (Wildman–Crippen LogP) is 2.28. The molecular weight excluding hydrogens is 253 g/mol. The minimum absolute atomic E-state index is 0.0376. The Morgan fingerprint density at radius 1 is 1.05 bits per heavy atom. The van der Waals surface area contributed by atoms with Crippen LogP contribution in [0.3, 0.4) is 0 Å². The first kappa shape index (κ1) is 12.7. The molecule has 1 heterocycles. The monoisotopic (exact) mass is 261 g/mol. The number of benzene rings is 1. The van der Waals surface area contributed by atoms with Gasteiger partial charge < -0.3 is 10.2 Å². The lowest BCUT2D eigenvalue weighted by atomic mass is 9.99. The molecule has 0 radical (unpaired) electrons. The van der Waals surface area contributed by atoms with E-state index in [1.54, 1.807) is 0 Å². The van der Waals surface area contributed by atoms with E-state index in [9.17, 15) is 14.0 Å². The van der Waals surface area contributed by atoms with Gasteiger partial charge in [-0.3, -0.25) is 4.98 Å². The molecule has 0 aliphatic rings. The molecular formula is C13H8FNO4. The van der Waals surface area contributed by atoms with Crippen LogP contribution in [0.15, 0.2) is 36.7 Å². The summed E-state index contributed by atoms with van der Waals surface area (Å²) in [5, 5.41) is 17.9. The smallest absolute Gasteiger partial charge is 0.336 e. The highest BCUT2D eigenvalue weighted by Gasteiger charge is 2.16. The molecule has 1 aromatic carbocycles. The number of aromatic nitrogens is 1. The van der Waals surface area contributed by atoms with Crippen molar-refractivity contribution in [2.45, 2.75) is 0 Å². The molecule has 1 aromatic heterocycles. The molecule has 2 N–H and O–H groups in total. The van der Waals surface area contributed by atoms with Gasteiger partial charge in [0.05, 0.1) is 11.1 Å². The van der Waals surface area contributed by atoms with Crippen LogP contribution >= 0.6 is 0 Å². The van der Waals surface area contributed by atoms with Gasteiger partial charge in [0.1, 0.15) is 5.82 Å². The highest BCUT2D eigenvalue weighted by Crippen LogP contribution is 2.26. The van der Waals surface area contributed by atoms with Crippen LogP contribution in [-0.4, -0.2) is 27.1 Å². The van der Waals surface area contributed by atoms with Crippen molar-refractivity contribution >= 4 is 11.9 Å². The second kappa shape index (κ2) is 4.85. The van der Waals surface area contributed by atoms with Crippen LogP contribution < -0.4 is 0 Å². The van der Waals surface area contributed by atoms with Crippen molar-refractivity contribution < 1.29 is 24.2 Å². The highest BCUT2D eigenvalue weighted by molar-refractivity contribution is 5.97. The zero-order valence-electron chi connectivity index (χ0n) is 9.50. The molecule has 0 atom stereocenters. The minimum Gasteiger partial charge on any atom is -0.478 e. The topological polar surface area (TPSA) is 87.5 Å². The van der Waals surface area contributed by atoms with Crippen molar-refractivity contribution in [2.24, 2.45) is 0 Å². The summed E-state index contributed by atoms with van der Waals surface area (Å²) in [6, 6.07) is 4.40. The summed E-state index contributed by atoms with van der Waals surface area (Å²) in [4.78, 5) is 25.7. The molecule has 0 aliphatic carbocycles. The molecule has 0 amide bonds. The van der Waals surface area contributed by atoms with Crippen molar-refractivity contribution in [3.63, 3.8) is 0 Å². The number of carboxylic acids is 2. The Morgan fingerprint density at radius 2 is 1.79 bits per heavy atom. The van der Waals surface area contributed by atoms with Gasteiger partial charge in [-0.1, -0.05) is 0 Å². The van der Waals surface area contributed by atoms with Gasteiger partial charge in [0.2, 0.25) is 0 Å². The van der Waals surface area contributed by atoms with E-state index in [-0.39, 0.29) is 22.3 Å². The number of hydrogen-bond acceptors (Lipinski definition) is 3. The second-order valence-corrected chi connectivity index (χ2v) is 3.73. The first-order valence-corrected chi connectivity index (χ1v) is 5.21. The van der Waals surface area contributed by atoms with Crippen LogP contribution in [0.1, 0.15) is 20.7 Å². The average Bonchev–Trinajstić information content (AvgIpc) is 2.39. The van der Waals surface area contributed by atoms with Gasteiger partial charge in [0.25, 0.3) is 0 Å². The van der Waals surface area contributed by atoms with Crippen molar-refractivity contribution in [3.05, 3.63) is 53.6 Å². The molecule has 0 spiro atoms. The lowest BCUT2D eigenvalue weighted by molar-refractivity contribution is 0.0687. The lowest BCUT2D eigenvalue weighted by Crippen LogP contribution is -2.03. The van der Waals surface area contributed by atoms with Gasteiger partial charge >= 0.3 is 11.9 Å². The summed E-state index contributed by atoms with van der Waals surface area (Å²) in [6.45, 7) is 0. The maximum Gasteiger partial charge on any atom is 0.336 e. The largest absolute Gasteiger partial charge is 0.478 e. The number of rotatable bonds is 3. The zero-order valence-corrected chi connectivity index (χ0v) is 9.50. The van der Waals surface area contributed by atoms with E-state index >= 15 is 0 Å². The summed E-state index contributed by atoms with van der Waals surface area (Å²) < 4.78 is 13.7. The Labute approximate surface area is 107 Å². The van der Waals surface area contributed by atoms with Crippen LogP contribution in [-0.2, 0) is 0 Å². The number of halogens is 1. The van der Waals surface area contributed by atoms with Crippen LogP contribution in [0.25, 0.3) is 11.1 Å². The predicted molar refractivity (Wildman–Crippen MR) is 63.5 cm³/mol. The molecule has 0 fully saturated rings. The molecule has 2 aromatic rings. The van der Waals surface area contributed by atoms with E-state index in [2.05, 4.69) is 4.98 Å². The fourth-order valence-corrected chi connectivity index (χ4v) is 1.66. The third kappa shape index (κ3) is 2.42. The normalized spacial score (nSPS) is 10.2. The van der Waals surface area contributed by atoms with Gasteiger partial charge in [-0.15, -0.1) is 0 Å². The number of pyridine rings is 1. The van der Waals surface area contributed by atoms with Crippen LogP contribution in [0.2, 0.25) is 0 Å². The van der Waals surface area contributed by atoms with Gasteiger partial charge in [0, 0.05) is 23.5 Å². The first-order valence-electron chi connectivity index (χ1n) is 5.21.